The van der Waals surface area contributed by atoms with Crippen LogP contribution in [0.15, 0.2) is 0 Å². The summed E-state index contributed by atoms with van der Waals surface area (Å²) in [4.78, 5) is 16.8. The Labute approximate surface area is 117 Å². The predicted octanol–water partition coefficient (Wildman–Crippen LogP) is 1.03. The minimum absolute atomic E-state index is 0.105. The molecule has 0 saturated carbocycles. The van der Waals surface area contributed by atoms with Gasteiger partial charge in [-0.3, -0.25) is 4.79 Å². The van der Waals surface area contributed by atoms with Crippen LogP contribution in [0.5, 0.6) is 0 Å². The van der Waals surface area contributed by atoms with E-state index in [2.05, 4.69) is 27.9 Å². The predicted molar refractivity (Wildman–Crippen MR) is 78.7 cm³/mol. The second-order valence-corrected chi connectivity index (χ2v) is 5.66. The number of nitrogens with zero attached hydrogens (tertiary/aromatic N) is 1. The van der Waals surface area contributed by atoms with E-state index in [4.69, 9.17) is 5.73 Å². The van der Waals surface area contributed by atoms with Gasteiger partial charge in [0.05, 0.1) is 0 Å². The molecule has 0 spiro atoms. The minimum Gasteiger partial charge on any atom is -0.382 e. The van der Waals surface area contributed by atoms with Crippen molar-refractivity contribution in [1.29, 1.82) is 0 Å². The van der Waals surface area contributed by atoms with Crippen LogP contribution in [0.1, 0.15) is 35.9 Å². The van der Waals surface area contributed by atoms with Crippen LogP contribution >= 0.6 is 11.3 Å². The number of anilines is 2. The molecule has 106 valence electrons. The Bertz CT molecular complexity index is 428. The molecule has 6 nitrogen and oxygen atoms in total. The van der Waals surface area contributed by atoms with Crippen LogP contribution in [-0.2, 0) is 0 Å². The van der Waals surface area contributed by atoms with Crippen molar-refractivity contribution < 1.29 is 4.79 Å². The van der Waals surface area contributed by atoms with E-state index in [0.717, 1.165) is 44.0 Å². The number of piperidine rings is 1. The van der Waals surface area contributed by atoms with Gasteiger partial charge in [0.15, 0.2) is 5.13 Å². The molecule has 5 N–H and O–H groups in total. The zero-order chi connectivity index (χ0) is 13.7. The fourth-order valence-corrected chi connectivity index (χ4v) is 2.83. The van der Waals surface area contributed by atoms with Crippen LogP contribution in [0, 0.1) is 0 Å². The van der Waals surface area contributed by atoms with Crippen LogP contribution in [0.3, 0.4) is 0 Å². The maximum atomic E-state index is 12.2. The van der Waals surface area contributed by atoms with Gasteiger partial charge in [-0.25, -0.2) is 4.98 Å². The number of hydrogen-bond donors (Lipinski definition) is 4. The number of nitrogen functional groups attached to an aromatic ring is 1. The first-order valence-electron chi connectivity index (χ1n) is 6.72. The summed E-state index contributed by atoms with van der Waals surface area (Å²) in [6.07, 6.45) is 2.94. The van der Waals surface area contributed by atoms with E-state index < -0.39 is 0 Å². The largest absolute Gasteiger partial charge is 0.382 e. The highest BCUT2D eigenvalue weighted by Gasteiger charge is 2.20. The summed E-state index contributed by atoms with van der Waals surface area (Å²) in [6.45, 7) is 4.82. The van der Waals surface area contributed by atoms with Gasteiger partial charge in [0, 0.05) is 12.6 Å². The molecule has 0 unspecified atom stereocenters. The molecule has 0 bridgehead atoms. The molecule has 2 rings (SSSR count). The molecule has 1 aliphatic rings. The maximum Gasteiger partial charge on any atom is 0.265 e. The lowest BCUT2D eigenvalue weighted by Crippen LogP contribution is -2.42. The zero-order valence-corrected chi connectivity index (χ0v) is 12.0. The Morgan fingerprint density at radius 3 is 2.95 bits per heavy atom. The van der Waals surface area contributed by atoms with Crippen molar-refractivity contribution in [3.8, 4) is 0 Å². The van der Waals surface area contributed by atoms with E-state index in [9.17, 15) is 4.79 Å². The number of nitrogens with one attached hydrogen (secondary N) is 3. The van der Waals surface area contributed by atoms with Gasteiger partial charge in [-0.15, -0.1) is 0 Å². The average Bonchev–Trinajstić information content (AvgIpc) is 2.79. The minimum atomic E-state index is -0.105. The molecule has 1 aromatic heterocycles. The third kappa shape index (κ3) is 3.81. The number of amides is 1. The van der Waals surface area contributed by atoms with E-state index in [0.29, 0.717) is 10.7 Å². The van der Waals surface area contributed by atoms with Gasteiger partial charge >= 0.3 is 0 Å². The van der Waals surface area contributed by atoms with Crippen molar-refractivity contribution in [1.82, 2.24) is 15.6 Å². The van der Waals surface area contributed by atoms with E-state index in [1.807, 2.05) is 0 Å². The van der Waals surface area contributed by atoms with Crippen LogP contribution in [0.25, 0.3) is 0 Å². The molecule has 2 heterocycles. The van der Waals surface area contributed by atoms with Gasteiger partial charge in [0.25, 0.3) is 5.91 Å². The lowest BCUT2D eigenvalue weighted by Gasteiger charge is -2.23. The number of carbonyl (C=O) groups excluding carboxylic acids is 1. The lowest BCUT2D eigenvalue weighted by molar-refractivity contribution is 0.0934. The Morgan fingerprint density at radius 2 is 2.26 bits per heavy atom. The van der Waals surface area contributed by atoms with Crippen LogP contribution in [0.2, 0.25) is 0 Å². The number of rotatable bonds is 5. The first-order valence-corrected chi connectivity index (χ1v) is 7.54. The van der Waals surface area contributed by atoms with Crippen molar-refractivity contribution in [3.63, 3.8) is 0 Å². The van der Waals surface area contributed by atoms with Crippen molar-refractivity contribution in [2.75, 3.05) is 30.7 Å². The highest BCUT2D eigenvalue weighted by molar-refractivity contribution is 7.18. The summed E-state index contributed by atoms with van der Waals surface area (Å²) < 4.78 is 0. The van der Waals surface area contributed by atoms with Crippen molar-refractivity contribution in [2.45, 2.75) is 32.2 Å². The molecular formula is C12H21N5OS. The van der Waals surface area contributed by atoms with Crippen LogP contribution in [0.4, 0.5) is 10.9 Å². The first-order chi connectivity index (χ1) is 9.20. The summed E-state index contributed by atoms with van der Waals surface area (Å²) in [7, 11) is 0. The Balaban J connectivity index is 1.95. The summed E-state index contributed by atoms with van der Waals surface area (Å²) in [5.74, 6) is 0.210. The summed E-state index contributed by atoms with van der Waals surface area (Å²) >= 11 is 1.32. The van der Waals surface area contributed by atoms with Gasteiger partial charge in [-0.1, -0.05) is 18.3 Å². The SMILES string of the molecule is CCCNc1nc(N)c(C(=O)NC2CCNCC2)s1. The van der Waals surface area contributed by atoms with Crippen molar-refractivity contribution in [3.05, 3.63) is 4.88 Å². The van der Waals surface area contributed by atoms with Crippen molar-refractivity contribution in [2.24, 2.45) is 0 Å². The van der Waals surface area contributed by atoms with E-state index in [-0.39, 0.29) is 11.9 Å². The summed E-state index contributed by atoms with van der Waals surface area (Å²) in [5, 5.41) is 10.2. The third-order valence-electron chi connectivity index (χ3n) is 3.06. The molecule has 0 radical (unpaired) electrons. The summed E-state index contributed by atoms with van der Waals surface area (Å²) in [6, 6.07) is 0.238. The number of thiazole rings is 1. The highest BCUT2D eigenvalue weighted by Crippen LogP contribution is 2.25. The zero-order valence-electron chi connectivity index (χ0n) is 11.2. The highest BCUT2D eigenvalue weighted by atomic mass is 32.1. The lowest BCUT2D eigenvalue weighted by atomic mass is 10.1. The van der Waals surface area contributed by atoms with Gasteiger partial charge in [-0.05, 0) is 32.4 Å². The molecule has 0 atom stereocenters. The van der Waals surface area contributed by atoms with Crippen LogP contribution in [-0.4, -0.2) is 36.6 Å². The Morgan fingerprint density at radius 1 is 1.53 bits per heavy atom. The van der Waals surface area contributed by atoms with Gasteiger partial charge in [0.1, 0.15) is 10.7 Å². The van der Waals surface area contributed by atoms with Gasteiger partial charge in [0.2, 0.25) is 0 Å². The van der Waals surface area contributed by atoms with Crippen LogP contribution < -0.4 is 21.7 Å². The fraction of sp³-hybridized carbons (Fsp3) is 0.667. The molecule has 0 aliphatic carbocycles. The normalized spacial score (nSPS) is 16.3. The molecule has 1 aliphatic heterocycles. The Hall–Kier alpha value is -1.34. The first kappa shape index (κ1) is 14.1. The summed E-state index contributed by atoms with van der Waals surface area (Å²) in [5.41, 5.74) is 5.81. The molecule has 1 fully saturated rings. The second-order valence-electron chi connectivity index (χ2n) is 4.66. The average molecular weight is 283 g/mol. The molecule has 0 aromatic carbocycles. The fourth-order valence-electron chi connectivity index (χ4n) is 2.02. The smallest absolute Gasteiger partial charge is 0.265 e. The number of aromatic nitrogens is 1. The topological polar surface area (TPSA) is 92.1 Å². The molecule has 19 heavy (non-hydrogen) atoms. The molecule has 7 heteroatoms. The van der Waals surface area contributed by atoms with Gasteiger partial charge in [-0.2, -0.15) is 0 Å². The standard InChI is InChI=1S/C12H21N5OS/c1-2-5-15-12-17-10(13)9(19-12)11(18)16-8-3-6-14-7-4-8/h8,14H,2-7,13H2,1H3,(H,15,17)(H,16,18). The number of hydrogen-bond acceptors (Lipinski definition) is 6. The molecule has 1 saturated heterocycles. The Kier molecular flexibility index (Phi) is 4.98. The molecule has 1 aromatic rings. The number of nitrogens with two attached hydrogens (primary N) is 1. The van der Waals surface area contributed by atoms with E-state index in [1.165, 1.54) is 11.3 Å². The number of carbonyl (C=O) groups is 1. The quantitative estimate of drug-likeness (QED) is 0.648. The third-order valence-corrected chi connectivity index (χ3v) is 4.09. The maximum absolute atomic E-state index is 12.2. The van der Waals surface area contributed by atoms with E-state index in [1.54, 1.807) is 0 Å². The monoisotopic (exact) mass is 283 g/mol. The van der Waals surface area contributed by atoms with E-state index >= 15 is 0 Å². The van der Waals surface area contributed by atoms with Crippen molar-refractivity contribution >= 4 is 28.2 Å². The second kappa shape index (κ2) is 6.72. The molecular weight excluding hydrogens is 262 g/mol. The molecule has 1 amide bonds. The van der Waals surface area contributed by atoms with Gasteiger partial charge < -0.3 is 21.7 Å².